The van der Waals surface area contributed by atoms with E-state index in [1.807, 2.05) is 30.3 Å². The molecule has 0 fully saturated rings. The van der Waals surface area contributed by atoms with E-state index in [1.54, 1.807) is 24.3 Å². The number of carbonyl (C=O) groups excluding carboxylic acids is 3. The van der Waals surface area contributed by atoms with Gasteiger partial charge in [0.25, 0.3) is 0 Å². The van der Waals surface area contributed by atoms with Gasteiger partial charge in [-0.05, 0) is 53.6 Å². The fourth-order valence-electron chi connectivity index (χ4n) is 3.97. The van der Waals surface area contributed by atoms with Crippen LogP contribution >= 0.6 is 15.9 Å². The lowest BCUT2D eigenvalue weighted by molar-refractivity contribution is -0.133. The molecule has 0 aromatic heterocycles. The van der Waals surface area contributed by atoms with E-state index in [0.29, 0.717) is 11.5 Å². The highest BCUT2D eigenvalue weighted by Crippen LogP contribution is 2.51. The van der Waals surface area contributed by atoms with E-state index >= 15 is 0 Å². The van der Waals surface area contributed by atoms with Crippen LogP contribution in [0.3, 0.4) is 0 Å². The molecule has 1 aliphatic heterocycles. The van der Waals surface area contributed by atoms with Crippen molar-refractivity contribution in [2.45, 2.75) is 32.8 Å². The van der Waals surface area contributed by atoms with E-state index in [9.17, 15) is 14.4 Å². The molecule has 0 spiro atoms. The van der Waals surface area contributed by atoms with Gasteiger partial charge in [-0.15, -0.1) is 0 Å². The van der Waals surface area contributed by atoms with Crippen molar-refractivity contribution in [3.63, 3.8) is 0 Å². The van der Waals surface area contributed by atoms with Crippen molar-refractivity contribution in [1.82, 2.24) is 0 Å². The SMILES string of the molecule is CC(=O)Oc1ccc([C@H]2Oc3ccc(Br)cc3[C@@H]2c2cc(OC(C)=O)cc(OC(C)=O)c2)cc1. The summed E-state index contributed by atoms with van der Waals surface area (Å²) in [5.41, 5.74) is 2.50. The van der Waals surface area contributed by atoms with Crippen LogP contribution in [-0.2, 0) is 14.4 Å². The Hall–Kier alpha value is -3.65. The Bertz CT molecular complexity index is 1230. The minimum Gasteiger partial charge on any atom is -0.484 e. The maximum atomic E-state index is 11.6. The Kier molecular flexibility index (Phi) is 6.70. The van der Waals surface area contributed by atoms with Gasteiger partial charge >= 0.3 is 17.9 Å². The van der Waals surface area contributed by atoms with Crippen molar-refractivity contribution in [3.8, 4) is 23.0 Å². The summed E-state index contributed by atoms with van der Waals surface area (Å²) in [6.45, 7) is 3.95. The van der Waals surface area contributed by atoms with E-state index in [0.717, 1.165) is 21.2 Å². The van der Waals surface area contributed by atoms with Crippen molar-refractivity contribution in [1.29, 1.82) is 0 Å². The number of hydrogen-bond donors (Lipinski definition) is 0. The molecular weight excluding hydrogens is 504 g/mol. The molecule has 1 aliphatic rings. The topological polar surface area (TPSA) is 88.1 Å². The highest BCUT2D eigenvalue weighted by Gasteiger charge is 2.37. The number of hydrogen-bond acceptors (Lipinski definition) is 7. The second-order valence-corrected chi connectivity index (χ2v) is 8.70. The van der Waals surface area contributed by atoms with Crippen LogP contribution in [0.15, 0.2) is 65.1 Å². The molecule has 4 rings (SSSR count). The molecule has 7 nitrogen and oxygen atoms in total. The number of carbonyl (C=O) groups is 3. The third-order valence-electron chi connectivity index (χ3n) is 5.12. The Balaban J connectivity index is 1.81. The third-order valence-corrected chi connectivity index (χ3v) is 5.61. The Morgan fingerprint density at radius 2 is 1.26 bits per heavy atom. The summed E-state index contributed by atoms with van der Waals surface area (Å²) in [4.78, 5) is 34.5. The van der Waals surface area contributed by atoms with Gasteiger partial charge in [0.1, 0.15) is 29.1 Å². The van der Waals surface area contributed by atoms with Crippen LogP contribution < -0.4 is 18.9 Å². The Labute approximate surface area is 204 Å². The first-order valence-corrected chi connectivity index (χ1v) is 11.2. The zero-order chi connectivity index (χ0) is 24.4. The van der Waals surface area contributed by atoms with E-state index in [-0.39, 0.29) is 17.4 Å². The normalized spacial score (nSPS) is 16.2. The molecule has 2 atom stereocenters. The average Bonchev–Trinajstić information content (AvgIpc) is 3.11. The number of fused-ring (bicyclic) bond motifs is 1. The van der Waals surface area contributed by atoms with Gasteiger partial charge in [-0.2, -0.15) is 0 Å². The monoisotopic (exact) mass is 524 g/mol. The number of benzene rings is 3. The Morgan fingerprint density at radius 3 is 1.82 bits per heavy atom. The van der Waals surface area contributed by atoms with Crippen molar-refractivity contribution in [3.05, 3.63) is 81.8 Å². The maximum Gasteiger partial charge on any atom is 0.308 e. The first-order valence-electron chi connectivity index (χ1n) is 10.5. The molecule has 1 heterocycles. The lowest BCUT2D eigenvalue weighted by Crippen LogP contribution is -2.13. The fraction of sp³-hybridized carbons (Fsp3) is 0.192. The summed E-state index contributed by atoms with van der Waals surface area (Å²) in [7, 11) is 0. The molecule has 0 saturated heterocycles. The first-order chi connectivity index (χ1) is 16.2. The molecule has 3 aromatic rings. The molecule has 174 valence electrons. The first kappa shape index (κ1) is 23.5. The summed E-state index contributed by atoms with van der Waals surface area (Å²) >= 11 is 3.53. The number of rotatable bonds is 5. The minimum atomic E-state index is -0.491. The molecule has 0 N–H and O–H groups in total. The van der Waals surface area contributed by atoms with E-state index in [4.69, 9.17) is 18.9 Å². The van der Waals surface area contributed by atoms with Crippen LogP contribution in [0.2, 0.25) is 0 Å². The van der Waals surface area contributed by atoms with Crippen LogP contribution in [-0.4, -0.2) is 17.9 Å². The summed E-state index contributed by atoms with van der Waals surface area (Å²) in [6.07, 6.45) is -0.437. The summed E-state index contributed by atoms with van der Waals surface area (Å²) in [5.74, 6) is -0.0440. The van der Waals surface area contributed by atoms with Gasteiger partial charge in [0, 0.05) is 36.9 Å². The van der Waals surface area contributed by atoms with E-state index < -0.39 is 24.0 Å². The average molecular weight is 525 g/mol. The molecule has 0 aliphatic carbocycles. The maximum absolute atomic E-state index is 11.6. The van der Waals surface area contributed by atoms with Crippen molar-refractivity contribution in [2.24, 2.45) is 0 Å². The lowest BCUT2D eigenvalue weighted by atomic mass is 9.85. The van der Waals surface area contributed by atoms with Crippen molar-refractivity contribution < 1.29 is 33.3 Å². The second-order valence-electron chi connectivity index (χ2n) is 7.79. The molecule has 0 radical (unpaired) electrons. The zero-order valence-corrected chi connectivity index (χ0v) is 20.2. The van der Waals surface area contributed by atoms with Crippen LogP contribution in [0.1, 0.15) is 49.5 Å². The van der Waals surface area contributed by atoms with Crippen molar-refractivity contribution >= 4 is 33.8 Å². The van der Waals surface area contributed by atoms with Crippen LogP contribution in [0.25, 0.3) is 0 Å². The van der Waals surface area contributed by atoms with Crippen LogP contribution in [0.5, 0.6) is 23.0 Å². The van der Waals surface area contributed by atoms with E-state index in [2.05, 4.69) is 15.9 Å². The van der Waals surface area contributed by atoms with Gasteiger partial charge in [0.15, 0.2) is 0 Å². The highest BCUT2D eigenvalue weighted by molar-refractivity contribution is 9.10. The number of ether oxygens (including phenoxy) is 4. The van der Waals surface area contributed by atoms with Crippen LogP contribution in [0, 0.1) is 0 Å². The van der Waals surface area contributed by atoms with Gasteiger partial charge < -0.3 is 18.9 Å². The minimum absolute atomic E-state index is 0.258. The number of esters is 3. The molecule has 0 bridgehead atoms. The standard InChI is InChI=1S/C26H21BrO7/c1-14(28)31-20-7-4-17(5-8-20)26-25(23-12-19(27)6-9-24(23)34-26)18-10-21(32-15(2)29)13-22(11-18)33-16(3)30/h4-13,25-26H,1-3H3/t25-,26+/m0/s1. The zero-order valence-electron chi connectivity index (χ0n) is 18.7. The summed E-state index contributed by atoms with van der Waals surface area (Å²) < 4.78 is 23.0. The van der Waals surface area contributed by atoms with Crippen molar-refractivity contribution in [2.75, 3.05) is 0 Å². The molecule has 34 heavy (non-hydrogen) atoms. The fourth-order valence-corrected chi connectivity index (χ4v) is 4.35. The molecule has 0 amide bonds. The number of halogens is 1. The lowest BCUT2D eigenvalue weighted by Gasteiger charge is -2.21. The molecular formula is C26H21BrO7. The third kappa shape index (κ3) is 5.28. The quantitative estimate of drug-likeness (QED) is 0.322. The predicted octanol–water partition coefficient (Wildman–Crippen LogP) is 5.49. The van der Waals surface area contributed by atoms with Crippen LogP contribution in [0.4, 0.5) is 0 Å². The van der Waals surface area contributed by atoms with Gasteiger partial charge in [0.2, 0.25) is 0 Å². The largest absolute Gasteiger partial charge is 0.484 e. The smallest absolute Gasteiger partial charge is 0.308 e. The highest BCUT2D eigenvalue weighted by atomic mass is 79.9. The second kappa shape index (κ2) is 9.69. The summed E-state index contributed by atoms with van der Waals surface area (Å²) in [6, 6.07) is 17.8. The Morgan fingerprint density at radius 1 is 0.706 bits per heavy atom. The molecule has 8 heteroatoms. The predicted molar refractivity (Wildman–Crippen MR) is 126 cm³/mol. The van der Waals surface area contributed by atoms with E-state index in [1.165, 1.54) is 26.8 Å². The van der Waals surface area contributed by atoms with Gasteiger partial charge in [-0.1, -0.05) is 28.1 Å². The van der Waals surface area contributed by atoms with Gasteiger partial charge in [0.05, 0.1) is 5.92 Å². The molecule has 3 aromatic carbocycles. The summed E-state index contributed by atoms with van der Waals surface area (Å²) in [5, 5.41) is 0. The molecule has 0 unspecified atom stereocenters. The van der Waals surface area contributed by atoms with Gasteiger partial charge in [-0.25, -0.2) is 0 Å². The molecule has 0 saturated carbocycles. The van der Waals surface area contributed by atoms with Gasteiger partial charge in [-0.3, -0.25) is 14.4 Å².